The molecule has 0 radical (unpaired) electrons. The monoisotopic (exact) mass is 616 g/mol. The van der Waals surface area contributed by atoms with Gasteiger partial charge in [0, 0.05) is 12.1 Å². The Morgan fingerprint density at radius 2 is 1.91 bits per heavy atom. The molecule has 12 heteroatoms. The molecular weight excluding hydrogens is 564 g/mol. The lowest BCUT2D eigenvalue weighted by atomic mass is 9.85. The molecule has 1 aromatic carbocycles. The van der Waals surface area contributed by atoms with Gasteiger partial charge in [0.15, 0.2) is 11.5 Å². The van der Waals surface area contributed by atoms with Crippen molar-refractivity contribution in [3.63, 3.8) is 0 Å². The Labute approximate surface area is 261 Å². The molecule has 44 heavy (non-hydrogen) atoms. The summed E-state index contributed by atoms with van der Waals surface area (Å²) in [7, 11) is 0. The molecule has 8 N–H and O–H groups in total. The molecule has 0 saturated carbocycles. The molecule has 0 aromatic heterocycles. The first kappa shape index (κ1) is 35.3. The summed E-state index contributed by atoms with van der Waals surface area (Å²) in [6, 6.07) is 0.858. The topological polar surface area (TPSA) is 189 Å². The van der Waals surface area contributed by atoms with E-state index in [-0.39, 0.29) is 28.9 Å². The van der Waals surface area contributed by atoms with Crippen molar-refractivity contribution in [3.8, 4) is 11.5 Å². The molecule has 0 bridgehead atoms. The molecule has 1 saturated heterocycles. The summed E-state index contributed by atoms with van der Waals surface area (Å²) >= 11 is 0. The zero-order valence-electron chi connectivity index (χ0n) is 26.7. The van der Waals surface area contributed by atoms with Gasteiger partial charge in [-0.15, -0.1) is 0 Å². The molecule has 0 aliphatic carbocycles. The van der Waals surface area contributed by atoms with Gasteiger partial charge < -0.3 is 42.2 Å². The van der Waals surface area contributed by atoms with E-state index >= 15 is 0 Å². The summed E-state index contributed by atoms with van der Waals surface area (Å²) in [6.07, 6.45) is 7.40. The van der Waals surface area contributed by atoms with E-state index in [1.165, 1.54) is 6.92 Å². The predicted octanol–water partition coefficient (Wildman–Crippen LogP) is 1.55. The van der Waals surface area contributed by atoms with Crippen molar-refractivity contribution in [1.82, 2.24) is 20.9 Å². The minimum Gasteiger partial charge on any atom is -0.504 e. The van der Waals surface area contributed by atoms with E-state index in [4.69, 9.17) is 16.2 Å². The van der Waals surface area contributed by atoms with Crippen LogP contribution >= 0.6 is 0 Å². The van der Waals surface area contributed by atoms with Gasteiger partial charge in [-0.2, -0.15) is 0 Å². The zero-order chi connectivity index (χ0) is 32.4. The number of hydrogen-bond donors (Lipinski definition) is 6. The predicted molar refractivity (Wildman–Crippen MR) is 168 cm³/mol. The van der Waals surface area contributed by atoms with Gasteiger partial charge in [0.1, 0.15) is 18.6 Å². The molecule has 3 amide bonds. The number of fused-ring (bicyclic) bond motifs is 1. The Morgan fingerprint density at radius 3 is 2.61 bits per heavy atom. The summed E-state index contributed by atoms with van der Waals surface area (Å²) in [5, 5.41) is 18.9. The smallest absolute Gasteiger partial charge is 0.330 e. The molecule has 2 unspecified atom stereocenters. The molecule has 4 atom stereocenters. The van der Waals surface area contributed by atoms with Gasteiger partial charge in [-0.1, -0.05) is 26.2 Å². The van der Waals surface area contributed by atoms with Crippen LogP contribution in [0.25, 0.3) is 0 Å². The fraction of sp³-hybridized carbons (Fsp3) is 0.688. The van der Waals surface area contributed by atoms with Crippen LogP contribution in [-0.2, 0) is 31.1 Å². The first-order chi connectivity index (χ1) is 20.9. The number of ether oxygens (including phenoxy) is 1. The number of esters is 1. The number of aromatic hydroxyl groups is 1. The minimum absolute atomic E-state index is 0.00209. The maximum absolute atomic E-state index is 13.4. The fourth-order valence-electron chi connectivity index (χ4n) is 6.17. The number of phenols is 1. The van der Waals surface area contributed by atoms with Crippen molar-refractivity contribution < 1.29 is 29.0 Å². The number of amides is 3. The van der Waals surface area contributed by atoms with Crippen LogP contribution in [0.15, 0.2) is 12.1 Å². The third kappa shape index (κ3) is 9.15. The van der Waals surface area contributed by atoms with Gasteiger partial charge in [0.2, 0.25) is 17.7 Å². The lowest BCUT2D eigenvalue weighted by Gasteiger charge is -2.34. The van der Waals surface area contributed by atoms with Crippen LogP contribution in [0.2, 0.25) is 0 Å². The fourth-order valence-corrected chi connectivity index (χ4v) is 6.17. The number of carbonyl (C=O) groups excluding carboxylic acids is 4. The Balaban J connectivity index is 1.53. The summed E-state index contributed by atoms with van der Waals surface area (Å²) in [6.45, 7) is 8.93. The number of nitrogens with two attached hydrogens (primary N) is 2. The van der Waals surface area contributed by atoms with E-state index in [0.29, 0.717) is 25.9 Å². The van der Waals surface area contributed by atoms with E-state index in [2.05, 4.69) is 22.9 Å². The van der Waals surface area contributed by atoms with E-state index in [1.54, 1.807) is 17.0 Å². The van der Waals surface area contributed by atoms with Gasteiger partial charge in [0.05, 0.1) is 6.04 Å². The maximum Gasteiger partial charge on any atom is 0.330 e. The number of benzene rings is 1. The second-order valence-electron chi connectivity index (χ2n) is 12.6. The highest BCUT2D eigenvalue weighted by molar-refractivity contribution is 5.94. The number of hydrogen-bond acceptors (Lipinski definition) is 9. The van der Waals surface area contributed by atoms with Gasteiger partial charge in [-0.25, -0.2) is 4.79 Å². The second kappa shape index (κ2) is 16.2. The zero-order valence-corrected chi connectivity index (χ0v) is 26.7. The van der Waals surface area contributed by atoms with Crippen molar-refractivity contribution in [1.29, 1.82) is 0 Å². The SMILES string of the molecule is CCCCCC(CCCN)C(N)C(=O)N1CCC[C@H]1C(=O)N[C@@H](C)C(=O)NCC(=O)Oc1cc2c(cc1O)CCNC2(C)C. The third-order valence-electron chi connectivity index (χ3n) is 8.79. The van der Waals surface area contributed by atoms with Crippen molar-refractivity contribution in [2.24, 2.45) is 17.4 Å². The standard InChI is InChI=1S/C32H52N6O6/c1-5-6-7-10-21(11-8-14-33)28(34)31(43)38-16-9-12-24(38)30(42)37-20(2)29(41)35-19-27(40)44-26-18-23-22(17-25(26)39)13-15-36-32(23,3)4/h17-18,20-21,24,28,36,39H,5-16,19,33-34H2,1-4H3,(H,35,41)(H,37,42)/t20-,21?,24-,28?/m0/s1. The summed E-state index contributed by atoms with van der Waals surface area (Å²) in [5.41, 5.74) is 13.7. The van der Waals surface area contributed by atoms with E-state index < -0.39 is 42.5 Å². The average molecular weight is 617 g/mol. The van der Waals surface area contributed by atoms with Gasteiger partial charge >= 0.3 is 5.97 Å². The molecular formula is C32H52N6O6. The highest BCUT2D eigenvalue weighted by atomic mass is 16.5. The van der Waals surface area contributed by atoms with Crippen LogP contribution in [0, 0.1) is 5.92 Å². The molecule has 2 aliphatic rings. The highest BCUT2D eigenvalue weighted by Crippen LogP contribution is 2.37. The second-order valence-corrected chi connectivity index (χ2v) is 12.6. The minimum atomic E-state index is -0.961. The Bertz CT molecular complexity index is 1170. The number of phenolic OH excluding ortho intramolecular Hbond substituents is 1. The first-order valence-corrected chi connectivity index (χ1v) is 16.1. The number of nitrogens with one attached hydrogen (secondary N) is 3. The average Bonchev–Trinajstić information content (AvgIpc) is 3.48. The lowest BCUT2D eigenvalue weighted by Crippen LogP contribution is -2.56. The largest absolute Gasteiger partial charge is 0.504 e. The van der Waals surface area contributed by atoms with Crippen LogP contribution < -0.4 is 32.2 Å². The summed E-state index contributed by atoms with van der Waals surface area (Å²) < 4.78 is 5.35. The summed E-state index contributed by atoms with van der Waals surface area (Å²) in [4.78, 5) is 53.4. The molecule has 0 spiro atoms. The van der Waals surface area contributed by atoms with Crippen LogP contribution in [0.5, 0.6) is 11.5 Å². The first-order valence-electron chi connectivity index (χ1n) is 16.1. The van der Waals surface area contributed by atoms with Gasteiger partial charge in [-0.05, 0) is 102 Å². The number of likely N-dealkylation sites (tertiary alicyclic amines) is 1. The molecule has 1 aromatic rings. The van der Waals surface area contributed by atoms with E-state index in [0.717, 1.165) is 62.6 Å². The highest BCUT2D eigenvalue weighted by Gasteiger charge is 2.39. The van der Waals surface area contributed by atoms with Gasteiger partial charge in [-0.3, -0.25) is 14.4 Å². The van der Waals surface area contributed by atoms with Gasteiger partial charge in [0.25, 0.3) is 0 Å². The molecule has 2 aliphatic heterocycles. The lowest BCUT2D eigenvalue weighted by molar-refractivity contribution is -0.141. The maximum atomic E-state index is 13.4. The van der Waals surface area contributed by atoms with Crippen LogP contribution in [0.4, 0.5) is 0 Å². The molecule has 246 valence electrons. The Hall–Kier alpha value is -3.22. The van der Waals surface area contributed by atoms with Crippen molar-refractivity contribution in [2.75, 3.05) is 26.2 Å². The Morgan fingerprint density at radius 1 is 1.18 bits per heavy atom. The number of carbonyl (C=O) groups is 4. The quantitative estimate of drug-likeness (QED) is 0.0965. The normalized spacial score (nSPS) is 19.4. The molecule has 12 nitrogen and oxygen atoms in total. The van der Waals surface area contributed by atoms with Crippen molar-refractivity contribution in [3.05, 3.63) is 23.3 Å². The van der Waals surface area contributed by atoms with Crippen molar-refractivity contribution >= 4 is 23.7 Å². The van der Waals surface area contributed by atoms with E-state index in [1.807, 2.05) is 13.8 Å². The number of rotatable bonds is 15. The van der Waals surface area contributed by atoms with Crippen LogP contribution in [0.3, 0.4) is 0 Å². The van der Waals surface area contributed by atoms with Crippen LogP contribution in [-0.4, -0.2) is 78.0 Å². The van der Waals surface area contributed by atoms with Crippen molar-refractivity contribution in [2.45, 2.75) is 109 Å². The molecule has 2 heterocycles. The van der Waals surface area contributed by atoms with Crippen LogP contribution in [0.1, 0.15) is 90.2 Å². The molecule has 1 fully saturated rings. The number of nitrogens with zero attached hydrogens (tertiary/aromatic N) is 1. The summed E-state index contributed by atoms with van der Waals surface area (Å²) in [5.74, 6) is -2.17. The number of unbranched alkanes of at least 4 members (excludes halogenated alkanes) is 2. The Kier molecular flexibility index (Phi) is 13.0. The third-order valence-corrected chi connectivity index (χ3v) is 8.79. The van der Waals surface area contributed by atoms with E-state index in [9.17, 15) is 24.3 Å². The molecule has 3 rings (SSSR count).